The third kappa shape index (κ3) is 1.80. The van der Waals surface area contributed by atoms with Gasteiger partial charge in [0.2, 0.25) is 0 Å². The Morgan fingerprint density at radius 3 is 2.70 bits per heavy atom. The number of carboxylic acid groups (broad SMARTS) is 1. The number of quaternary nitrogens is 1. The molecule has 0 aliphatic carbocycles. The highest BCUT2D eigenvalue weighted by atomic mass is 16.5. The first-order valence-corrected chi connectivity index (χ1v) is 7.56. The Morgan fingerprint density at radius 2 is 2.00 bits per heavy atom. The highest BCUT2D eigenvalue weighted by molar-refractivity contribution is 5.56. The highest BCUT2D eigenvalue weighted by Crippen LogP contribution is 2.45. The molecule has 0 saturated carbocycles. The molecule has 2 aliphatic heterocycles. The van der Waals surface area contributed by atoms with Crippen molar-refractivity contribution in [3.8, 4) is 17.6 Å². The molecule has 4 rings (SSSR count). The fourth-order valence-corrected chi connectivity index (χ4v) is 3.63. The van der Waals surface area contributed by atoms with Crippen molar-refractivity contribution in [3.63, 3.8) is 0 Å². The minimum absolute atomic E-state index is 0.173. The molecule has 3 heterocycles. The Labute approximate surface area is 133 Å². The standard InChI is InChI=1S/C17H15N3O3/c18-12-20(16(21)22)10-7-17(8-11-20)15-6-3-9-19(15)13-4-1-2-5-14(13)23-17/h1-6,9H,7-8,10-11H2. The Morgan fingerprint density at radius 1 is 1.26 bits per heavy atom. The van der Waals surface area contributed by atoms with Crippen LogP contribution in [0.2, 0.25) is 0 Å². The number of amides is 1. The molecule has 0 radical (unpaired) electrons. The number of para-hydroxylation sites is 2. The van der Waals surface area contributed by atoms with Crippen LogP contribution >= 0.6 is 0 Å². The Kier molecular flexibility index (Phi) is 2.77. The van der Waals surface area contributed by atoms with Gasteiger partial charge in [0.25, 0.3) is 6.09 Å². The van der Waals surface area contributed by atoms with Crippen molar-refractivity contribution in [2.45, 2.75) is 18.4 Å². The molecule has 1 saturated heterocycles. The van der Waals surface area contributed by atoms with Gasteiger partial charge < -0.3 is 19.2 Å². The summed E-state index contributed by atoms with van der Waals surface area (Å²) in [5.41, 5.74) is 1.39. The van der Waals surface area contributed by atoms with Crippen LogP contribution in [0, 0.1) is 11.5 Å². The number of benzene rings is 1. The van der Waals surface area contributed by atoms with Crippen LogP contribution in [0.4, 0.5) is 4.79 Å². The van der Waals surface area contributed by atoms with E-state index in [4.69, 9.17) is 4.74 Å². The first-order chi connectivity index (χ1) is 11.1. The van der Waals surface area contributed by atoms with Gasteiger partial charge in [0.1, 0.15) is 18.8 Å². The van der Waals surface area contributed by atoms with Crippen LogP contribution in [0.5, 0.6) is 5.75 Å². The predicted molar refractivity (Wildman–Crippen MR) is 78.3 cm³/mol. The molecule has 6 nitrogen and oxygen atoms in total. The van der Waals surface area contributed by atoms with E-state index >= 15 is 0 Å². The van der Waals surface area contributed by atoms with Gasteiger partial charge in [-0.15, -0.1) is 5.26 Å². The predicted octanol–water partition coefficient (Wildman–Crippen LogP) is 1.50. The minimum atomic E-state index is -1.34. The number of carbonyl (C=O) groups excluding carboxylic acids is 1. The Balaban J connectivity index is 1.76. The quantitative estimate of drug-likeness (QED) is 0.546. The summed E-state index contributed by atoms with van der Waals surface area (Å²) in [5.74, 6) is 0.779. The highest BCUT2D eigenvalue weighted by Gasteiger charge is 2.50. The number of hydrogen-bond acceptors (Lipinski definition) is 4. The first-order valence-electron chi connectivity index (χ1n) is 7.56. The third-order valence-electron chi connectivity index (χ3n) is 4.98. The molecule has 1 aromatic carbocycles. The molecule has 0 atom stereocenters. The van der Waals surface area contributed by atoms with Gasteiger partial charge >= 0.3 is 6.19 Å². The zero-order valence-electron chi connectivity index (χ0n) is 12.4. The normalized spacial score (nSPS) is 28.3. The van der Waals surface area contributed by atoms with E-state index < -0.39 is 16.2 Å². The number of ether oxygens (including phenoxy) is 1. The number of hydrogen-bond donors (Lipinski definition) is 0. The van der Waals surface area contributed by atoms with Crippen molar-refractivity contribution in [1.82, 2.24) is 4.57 Å². The van der Waals surface area contributed by atoms with E-state index in [-0.39, 0.29) is 13.1 Å². The summed E-state index contributed by atoms with van der Waals surface area (Å²) < 4.78 is 7.72. The van der Waals surface area contributed by atoms with Gasteiger partial charge in [-0.3, -0.25) is 0 Å². The number of fused-ring (bicyclic) bond motifs is 4. The maximum Gasteiger partial charge on any atom is 0.315 e. The van der Waals surface area contributed by atoms with E-state index in [0.717, 1.165) is 17.1 Å². The maximum atomic E-state index is 11.4. The van der Waals surface area contributed by atoms with Crippen LogP contribution < -0.4 is 9.84 Å². The number of piperidine rings is 1. The molecule has 1 spiro atoms. The number of likely N-dealkylation sites (tertiary alicyclic amines) is 1. The van der Waals surface area contributed by atoms with Gasteiger partial charge in [-0.25, -0.2) is 0 Å². The average Bonchev–Trinajstić information content (AvgIpc) is 3.07. The first kappa shape index (κ1) is 13.9. The number of rotatable bonds is 0. The van der Waals surface area contributed by atoms with Crippen LogP contribution in [0.3, 0.4) is 0 Å². The third-order valence-corrected chi connectivity index (χ3v) is 4.98. The van der Waals surface area contributed by atoms with Crippen molar-refractivity contribution in [2.75, 3.05) is 13.1 Å². The number of nitriles is 1. The van der Waals surface area contributed by atoms with Crippen molar-refractivity contribution in [3.05, 3.63) is 48.3 Å². The van der Waals surface area contributed by atoms with Crippen molar-refractivity contribution >= 4 is 6.09 Å². The molecule has 2 aromatic rings. The van der Waals surface area contributed by atoms with E-state index in [1.54, 1.807) is 0 Å². The summed E-state index contributed by atoms with van der Waals surface area (Å²) in [7, 11) is 0. The molecule has 1 fully saturated rings. The Hall–Kier alpha value is -2.78. The lowest BCUT2D eigenvalue weighted by Crippen LogP contribution is -2.62. The lowest BCUT2D eigenvalue weighted by molar-refractivity contribution is -0.823. The fourth-order valence-electron chi connectivity index (χ4n) is 3.63. The van der Waals surface area contributed by atoms with E-state index in [1.807, 2.05) is 48.8 Å². The summed E-state index contributed by atoms with van der Waals surface area (Å²) in [5, 5.41) is 20.6. The second-order valence-electron chi connectivity index (χ2n) is 6.11. The molecule has 23 heavy (non-hydrogen) atoms. The zero-order valence-corrected chi connectivity index (χ0v) is 12.4. The van der Waals surface area contributed by atoms with E-state index in [0.29, 0.717) is 12.8 Å². The largest absolute Gasteiger partial charge is 0.497 e. The fraction of sp³-hybridized carbons (Fsp3) is 0.294. The molecule has 6 heteroatoms. The van der Waals surface area contributed by atoms with Crippen LogP contribution in [0.25, 0.3) is 5.69 Å². The molecule has 2 aliphatic rings. The number of nitrogens with zero attached hydrogens (tertiary/aromatic N) is 3. The maximum absolute atomic E-state index is 11.4. The van der Waals surface area contributed by atoms with Gasteiger partial charge in [-0.1, -0.05) is 12.1 Å². The second-order valence-corrected chi connectivity index (χ2v) is 6.11. The smallest absolute Gasteiger partial charge is 0.315 e. The molecule has 0 unspecified atom stereocenters. The second kappa shape index (κ2) is 4.61. The molecule has 1 amide bonds. The van der Waals surface area contributed by atoms with E-state index in [1.165, 1.54) is 0 Å². The van der Waals surface area contributed by atoms with Crippen LogP contribution in [-0.4, -0.2) is 28.2 Å². The molecule has 0 bridgehead atoms. The van der Waals surface area contributed by atoms with Crippen molar-refractivity contribution in [2.24, 2.45) is 0 Å². The summed E-state index contributed by atoms with van der Waals surface area (Å²) in [6.45, 7) is 0.346. The molecular weight excluding hydrogens is 294 g/mol. The van der Waals surface area contributed by atoms with Gasteiger partial charge in [0.05, 0.1) is 11.4 Å². The van der Waals surface area contributed by atoms with Gasteiger partial charge in [-0.2, -0.15) is 4.48 Å². The topological polar surface area (TPSA) is 78.1 Å². The molecule has 1 aromatic heterocycles. The van der Waals surface area contributed by atoms with Crippen molar-refractivity contribution in [1.29, 1.82) is 5.26 Å². The van der Waals surface area contributed by atoms with Gasteiger partial charge in [0, 0.05) is 19.0 Å². The SMILES string of the molecule is N#C[N+]1(C(=O)[O-])CCC2(CC1)Oc1ccccc1-n1cccc12. The van der Waals surface area contributed by atoms with E-state index in [2.05, 4.69) is 4.57 Å². The molecule has 116 valence electrons. The van der Waals surface area contributed by atoms with Crippen molar-refractivity contribution < 1.29 is 19.1 Å². The lowest BCUT2D eigenvalue weighted by Gasteiger charge is -2.45. The number of aromatic nitrogens is 1. The average molecular weight is 309 g/mol. The molecule has 0 N–H and O–H groups in total. The summed E-state index contributed by atoms with van der Waals surface area (Å²) in [4.78, 5) is 11.4. The summed E-state index contributed by atoms with van der Waals surface area (Å²) in [6, 6.07) is 11.7. The van der Waals surface area contributed by atoms with Crippen LogP contribution in [-0.2, 0) is 5.60 Å². The minimum Gasteiger partial charge on any atom is -0.497 e. The van der Waals surface area contributed by atoms with E-state index in [9.17, 15) is 15.2 Å². The lowest BCUT2D eigenvalue weighted by atomic mass is 9.85. The summed E-state index contributed by atoms with van der Waals surface area (Å²) >= 11 is 0. The Bertz CT molecular complexity index is 826. The van der Waals surface area contributed by atoms with Crippen LogP contribution in [0.1, 0.15) is 18.5 Å². The molecular formula is C17H15N3O3. The number of carbonyl (C=O) groups is 1. The van der Waals surface area contributed by atoms with Gasteiger partial charge in [-0.05, 0) is 24.3 Å². The van der Waals surface area contributed by atoms with Crippen LogP contribution in [0.15, 0.2) is 42.6 Å². The summed E-state index contributed by atoms with van der Waals surface area (Å²) in [6.07, 6.45) is 3.44. The van der Waals surface area contributed by atoms with Gasteiger partial charge in [0.15, 0.2) is 5.60 Å². The monoisotopic (exact) mass is 309 g/mol. The zero-order chi connectivity index (χ0) is 16.1.